The number of H-pyrrole nitrogens is 1. The number of rotatable bonds is 6. The zero-order chi connectivity index (χ0) is 27.6. The summed E-state index contributed by atoms with van der Waals surface area (Å²) in [7, 11) is 0. The van der Waals surface area contributed by atoms with E-state index in [1.54, 1.807) is 53.6 Å². The number of benzene rings is 1. The van der Waals surface area contributed by atoms with Crippen molar-refractivity contribution in [3.05, 3.63) is 89.1 Å². The molecule has 3 aromatic heterocycles. The van der Waals surface area contributed by atoms with Gasteiger partial charge in [-0.05, 0) is 49.9 Å². The zero-order valence-electron chi connectivity index (χ0n) is 21.1. The fourth-order valence-electron chi connectivity index (χ4n) is 4.64. The van der Waals surface area contributed by atoms with Gasteiger partial charge < -0.3 is 10.2 Å². The molecular formula is C27H26F3N7O2. The number of hydrogen-bond donors (Lipinski definition) is 2. The molecule has 1 unspecified atom stereocenters. The van der Waals surface area contributed by atoms with E-state index in [1.807, 2.05) is 13.0 Å². The predicted octanol–water partition coefficient (Wildman–Crippen LogP) is 5.19. The van der Waals surface area contributed by atoms with Gasteiger partial charge in [0.1, 0.15) is 0 Å². The van der Waals surface area contributed by atoms with E-state index in [2.05, 4.69) is 25.6 Å². The number of aryl methyl sites for hydroxylation is 1. The molecule has 0 bridgehead atoms. The Labute approximate surface area is 222 Å². The maximum Gasteiger partial charge on any atom is 0.435 e. The van der Waals surface area contributed by atoms with Crippen molar-refractivity contribution < 1.29 is 22.8 Å². The second kappa shape index (κ2) is 10.7. The van der Waals surface area contributed by atoms with Crippen LogP contribution in [0.25, 0.3) is 5.69 Å². The second-order valence-electron chi connectivity index (χ2n) is 9.23. The van der Waals surface area contributed by atoms with Crippen molar-refractivity contribution in [2.24, 2.45) is 0 Å². The van der Waals surface area contributed by atoms with Crippen LogP contribution in [0.1, 0.15) is 70.0 Å². The van der Waals surface area contributed by atoms with E-state index >= 15 is 0 Å². The molecule has 1 aliphatic rings. The fourth-order valence-corrected chi connectivity index (χ4v) is 4.64. The number of aromatic nitrogens is 5. The van der Waals surface area contributed by atoms with Crippen molar-refractivity contribution in [3.63, 3.8) is 0 Å². The second-order valence-corrected chi connectivity index (χ2v) is 9.23. The molecule has 4 aromatic rings. The molecule has 0 spiro atoms. The number of carbonyl (C=O) groups excluding carboxylic acids is 2. The van der Waals surface area contributed by atoms with E-state index in [4.69, 9.17) is 0 Å². The summed E-state index contributed by atoms with van der Waals surface area (Å²) in [4.78, 5) is 32.3. The number of nitrogens with one attached hydrogen (secondary N) is 2. The maximum atomic E-state index is 13.7. The van der Waals surface area contributed by atoms with Gasteiger partial charge in [0.05, 0.1) is 28.6 Å². The molecule has 202 valence electrons. The highest BCUT2D eigenvalue weighted by Crippen LogP contribution is 2.34. The summed E-state index contributed by atoms with van der Waals surface area (Å²) in [6.07, 6.45) is 0.934. The van der Waals surface area contributed by atoms with Crippen LogP contribution in [0.15, 0.2) is 60.9 Å². The smallest absolute Gasteiger partial charge is 0.330 e. The van der Waals surface area contributed by atoms with E-state index in [1.165, 1.54) is 0 Å². The van der Waals surface area contributed by atoms with Gasteiger partial charge in [0.15, 0.2) is 11.5 Å². The Morgan fingerprint density at radius 3 is 2.62 bits per heavy atom. The van der Waals surface area contributed by atoms with Crippen LogP contribution >= 0.6 is 0 Å². The first kappa shape index (κ1) is 26.1. The molecule has 1 fully saturated rings. The van der Waals surface area contributed by atoms with Gasteiger partial charge >= 0.3 is 6.18 Å². The van der Waals surface area contributed by atoms with Crippen LogP contribution in [0.5, 0.6) is 0 Å². The van der Waals surface area contributed by atoms with E-state index in [0.29, 0.717) is 29.9 Å². The van der Waals surface area contributed by atoms with Crippen LogP contribution in [0, 0.1) is 0 Å². The highest BCUT2D eigenvalue weighted by Gasteiger charge is 2.39. The van der Waals surface area contributed by atoms with Gasteiger partial charge in [-0.3, -0.25) is 19.7 Å². The molecule has 4 heterocycles. The first-order valence-electron chi connectivity index (χ1n) is 12.6. The summed E-state index contributed by atoms with van der Waals surface area (Å²) in [5, 5.41) is 13.0. The first-order valence-corrected chi connectivity index (χ1v) is 12.6. The average Bonchev–Trinajstić information content (AvgIpc) is 3.61. The molecule has 0 radical (unpaired) electrons. The number of nitrogens with zero attached hydrogens (tertiary/aromatic N) is 5. The highest BCUT2D eigenvalue weighted by atomic mass is 19.4. The normalized spacial score (nSPS) is 15.8. The summed E-state index contributed by atoms with van der Waals surface area (Å²) in [6.45, 7) is 2.52. The minimum absolute atomic E-state index is 0.0440. The van der Waals surface area contributed by atoms with Crippen molar-refractivity contribution in [2.45, 2.75) is 44.8 Å². The number of likely N-dealkylation sites (tertiary alicyclic amines) is 1. The van der Waals surface area contributed by atoms with Crippen LogP contribution < -0.4 is 5.32 Å². The van der Waals surface area contributed by atoms with Crippen molar-refractivity contribution in [3.8, 4) is 5.69 Å². The Morgan fingerprint density at radius 2 is 1.92 bits per heavy atom. The predicted molar refractivity (Wildman–Crippen MR) is 136 cm³/mol. The SMILES string of the molecule is CCc1ccc(C(=O)N2CCCCC2c2cc(NC(=O)c3cn(-c4ccccc4)nc3C(F)(F)F)n[nH]2)cn1. The van der Waals surface area contributed by atoms with Crippen LogP contribution in [0.2, 0.25) is 0 Å². The Bertz CT molecular complexity index is 1460. The van der Waals surface area contributed by atoms with Crippen LogP contribution in [0.4, 0.5) is 19.0 Å². The molecule has 39 heavy (non-hydrogen) atoms. The molecule has 9 nitrogen and oxygen atoms in total. The molecule has 1 aromatic carbocycles. The topological polar surface area (TPSA) is 109 Å². The third-order valence-corrected chi connectivity index (χ3v) is 6.64. The van der Waals surface area contributed by atoms with Gasteiger partial charge in [-0.2, -0.15) is 23.4 Å². The molecule has 5 rings (SSSR count). The zero-order valence-corrected chi connectivity index (χ0v) is 21.1. The standard InChI is InChI=1S/C27H26F3N7O2/c1-2-18-12-11-17(15-31-18)26(39)36-13-7-6-10-22(36)21-14-23(34-33-21)32-25(38)20-16-37(19-8-4-3-5-9-19)35-24(20)27(28,29)30/h3-5,8-9,11-12,14-16,22H,2,6-7,10,13H2,1H3,(H2,32,33,34,38). The monoisotopic (exact) mass is 537 g/mol. The van der Waals surface area contributed by atoms with E-state index < -0.39 is 23.3 Å². The van der Waals surface area contributed by atoms with Gasteiger partial charge in [-0.1, -0.05) is 25.1 Å². The van der Waals surface area contributed by atoms with Gasteiger partial charge in [-0.25, -0.2) is 4.68 Å². The number of alkyl halides is 3. The molecule has 1 aliphatic heterocycles. The third kappa shape index (κ3) is 5.54. The quantitative estimate of drug-likeness (QED) is 0.352. The van der Waals surface area contributed by atoms with Gasteiger partial charge in [0.2, 0.25) is 0 Å². The fraction of sp³-hybridized carbons (Fsp3) is 0.296. The number of piperidine rings is 1. The lowest BCUT2D eigenvalue weighted by atomic mass is 9.98. The summed E-state index contributed by atoms with van der Waals surface area (Å²) >= 11 is 0. The molecule has 0 aliphatic carbocycles. The highest BCUT2D eigenvalue weighted by molar-refractivity contribution is 6.04. The first-order chi connectivity index (χ1) is 18.7. The molecule has 12 heteroatoms. The Morgan fingerprint density at radius 1 is 1.13 bits per heavy atom. The number of anilines is 1. The largest absolute Gasteiger partial charge is 0.435 e. The van der Waals surface area contributed by atoms with Crippen LogP contribution in [0.3, 0.4) is 0 Å². The third-order valence-electron chi connectivity index (χ3n) is 6.64. The number of pyridine rings is 1. The minimum Gasteiger partial charge on any atom is -0.330 e. The lowest BCUT2D eigenvalue weighted by Gasteiger charge is -2.35. The summed E-state index contributed by atoms with van der Waals surface area (Å²) in [5.41, 5.74) is 0.388. The molecule has 1 saturated heterocycles. The van der Waals surface area contributed by atoms with E-state index in [9.17, 15) is 22.8 Å². The summed E-state index contributed by atoms with van der Waals surface area (Å²) in [5.74, 6) is -1.12. The van der Waals surface area contributed by atoms with Gasteiger partial charge in [-0.15, -0.1) is 0 Å². The number of carbonyl (C=O) groups is 2. The minimum atomic E-state index is -4.84. The molecule has 1 atom stereocenters. The lowest BCUT2D eigenvalue weighted by molar-refractivity contribution is -0.141. The van der Waals surface area contributed by atoms with Crippen molar-refractivity contribution >= 4 is 17.6 Å². The Kier molecular flexibility index (Phi) is 7.18. The van der Waals surface area contributed by atoms with Gasteiger partial charge in [0, 0.05) is 30.7 Å². The van der Waals surface area contributed by atoms with E-state index in [0.717, 1.165) is 35.8 Å². The van der Waals surface area contributed by atoms with E-state index in [-0.39, 0.29) is 17.8 Å². The number of aromatic amines is 1. The van der Waals surface area contributed by atoms with Crippen molar-refractivity contribution in [2.75, 3.05) is 11.9 Å². The molecule has 2 amide bonds. The number of halogens is 3. The summed E-state index contributed by atoms with van der Waals surface area (Å²) in [6, 6.07) is 13.0. The van der Waals surface area contributed by atoms with Gasteiger partial charge in [0.25, 0.3) is 11.8 Å². The summed E-state index contributed by atoms with van der Waals surface area (Å²) < 4.78 is 42.1. The Hall–Kier alpha value is -4.48. The van der Waals surface area contributed by atoms with Crippen molar-refractivity contribution in [1.82, 2.24) is 29.9 Å². The lowest BCUT2D eigenvalue weighted by Crippen LogP contribution is -2.38. The molecule has 2 N–H and O–H groups in total. The Balaban J connectivity index is 1.36. The molecular weight excluding hydrogens is 511 g/mol. The maximum absolute atomic E-state index is 13.7. The van der Waals surface area contributed by atoms with Crippen molar-refractivity contribution in [1.29, 1.82) is 0 Å². The number of amides is 2. The number of hydrogen-bond acceptors (Lipinski definition) is 5. The van der Waals surface area contributed by atoms with Crippen LogP contribution in [-0.4, -0.2) is 48.2 Å². The average molecular weight is 538 g/mol. The molecule has 0 saturated carbocycles. The van der Waals surface area contributed by atoms with Crippen LogP contribution in [-0.2, 0) is 12.6 Å². The number of para-hydroxylation sites is 1.